The summed E-state index contributed by atoms with van der Waals surface area (Å²) in [6, 6.07) is 0. The number of aliphatic hydroxyl groups is 1. The average molecular weight is 242 g/mol. The van der Waals surface area contributed by atoms with Gasteiger partial charge in [0.1, 0.15) is 0 Å². The van der Waals surface area contributed by atoms with Crippen LogP contribution in [0.1, 0.15) is 26.7 Å². The van der Waals surface area contributed by atoms with Gasteiger partial charge in [-0.2, -0.15) is 0 Å². The smallest absolute Gasteiger partial charge is 0.0717 e. The van der Waals surface area contributed by atoms with Gasteiger partial charge < -0.3 is 10.4 Å². The van der Waals surface area contributed by atoms with Crippen molar-refractivity contribution in [2.45, 2.75) is 26.7 Å². The predicted molar refractivity (Wildman–Crippen MR) is 73.8 cm³/mol. The van der Waals surface area contributed by atoms with Crippen LogP contribution in [-0.2, 0) is 0 Å². The fourth-order valence-electron chi connectivity index (χ4n) is 1.10. The highest BCUT2D eigenvalue weighted by Crippen LogP contribution is 2.09. The number of hydrogen-bond acceptors (Lipinski definition) is 4. The van der Waals surface area contributed by atoms with Gasteiger partial charge in [-0.05, 0) is 19.6 Å². The van der Waals surface area contributed by atoms with Crippen molar-refractivity contribution in [2.75, 3.05) is 19.9 Å². The van der Waals surface area contributed by atoms with Gasteiger partial charge in [0.15, 0.2) is 0 Å². The molecule has 0 amide bonds. The van der Waals surface area contributed by atoms with Crippen molar-refractivity contribution in [3.8, 4) is 0 Å². The fraction of sp³-hybridized carbons (Fsp3) is 0.583. The van der Waals surface area contributed by atoms with E-state index in [2.05, 4.69) is 23.3 Å². The molecule has 0 aliphatic rings. The van der Waals surface area contributed by atoms with Gasteiger partial charge in [-0.3, -0.25) is 4.99 Å². The second kappa shape index (κ2) is 9.48. The van der Waals surface area contributed by atoms with Crippen LogP contribution < -0.4 is 5.32 Å². The van der Waals surface area contributed by atoms with Gasteiger partial charge in [0.25, 0.3) is 0 Å². The molecule has 0 unspecified atom stereocenters. The van der Waals surface area contributed by atoms with Crippen molar-refractivity contribution in [3.63, 3.8) is 0 Å². The molecule has 2 N–H and O–H groups in total. The first-order valence-corrected chi connectivity index (χ1v) is 6.68. The first-order valence-electron chi connectivity index (χ1n) is 5.46. The second-order valence-electron chi connectivity index (χ2n) is 3.32. The zero-order chi connectivity index (χ0) is 12.4. The molecule has 0 aromatic heterocycles. The van der Waals surface area contributed by atoms with E-state index in [1.165, 1.54) is 0 Å². The molecule has 0 aliphatic heterocycles. The number of aliphatic imine (C=N–C) groups is 1. The highest BCUT2D eigenvalue weighted by molar-refractivity contribution is 8.13. The molecule has 0 aromatic rings. The molecule has 0 saturated carbocycles. The summed E-state index contributed by atoms with van der Waals surface area (Å²) >= 11 is 1.60. The monoisotopic (exact) mass is 242 g/mol. The molecule has 0 bridgehead atoms. The second-order valence-corrected chi connectivity index (χ2v) is 4.32. The number of aliphatic hydroxyl groups excluding tert-OH is 1. The quantitative estimate of drug-likeness (QED) is 0.427. The topological polar surface area (TPSA) is 44.6 Å². The Morgan fingerprint density at radius 1 is 1.50 bits per heavy atom. The van der Waals surface area contributed by atoms with Gasteiger partial charge in [0.05, 0.1) is 11.7 Å². The third-order valence-corrected chi connectivity index (χ3v) is 2.82. The highest BCUT2D eigenvalue weighted by Gasteiger charge is 2.01. The van der Waals surface area contributed by atoms with Crippen LogP contribution in [0.2, 0.25) is 0 Å². The van der Waals surface area contributed by atoms with E-state index in [0.29, 0.717) is 0 Å². The van der Waals surface area contributed by atoms with E-state index >= 15 is 0 Å². The molecule has 4 heteroatoms. The lowest BCUT2D eigenvalue weighted by atomic mass is 10.1. The zero-order valence-corrected chi connectivity index (χ0v) is 11.4. The van der Waals surface area contributed by atoms with E-state index in [1.807, 2.05) is 20.2 Å². The van der Waals surface area contributed by atoms with Gasteiger partial charge in [-0.15, -0.1) is 11.8 Å². The van der Waals surface area contributed by atoms with Crippen LogP contribution in [0.5, 0.6) is 0 Å². The van der Waals surface area contributed by atoms with Crippen molar-refractivity contribution in [1.82, 2.24) is 5.32 Å². The van der Waals surface area contributed by atoms with Crippen molar-refractivity contribution >= 4 is 16.8 Å². The minimum Gasteiger partial charge on any atom is -0.392 e. The summed E-state index contributed by atoms with van der Waals surface area (Å²) in [6.07, 6.45) is 7.89. The third kappa shape index (κ3) is 5.98. The molecule has 0 spiro atoms. The number of unbranched alkanes of at least 4 members (excludes halogenated alkanes) is 1. The normalized spacial score (nSPS) is 14.2. The van der Waals surface area contributed by atoms with E-state index in [0.717, 1.165) is 29.2 Å². The van der Waals surface area contributed by atoms with E-state index < -0.39 is 0 Å². The number of likely N-dealkylation sites (N-methyl/N-ethyl adjacent to an activating group) is 1. The van der Waals surface area contributed by atoms with Crippen LogP contribution in [0.15, 0.2) is 28.5 Å². The number of rotatable bonds is 6. The summed E-state index contributed by atoms with van der Waals surface area (Å²) in [5.74, 6) is 0. The Morgan fingerprint density at radius 2 is 2.19 bits per heavy atom. The van der Waals surface area contributed by atoms with Gasteiger partial charge in [0.2, 0.25) is 0 Å². The summed E-state index contributed by atoms with van der Waals surface area (Å²) in [5.41, 5.74) is 1.78. The standard InChI is InChI=1S/C12H22N2OS/c1-5-6-7-12(13-3)11(9-15)8-14-10(2)16-4/h7-8,13,15H,5-6,9H2,1-4H3/b11-8-,12-7-,14-10?. The fourth-order valence-corrected chi connectivity index (χ4v) is 1.26. The van der Waals surface area contributed by atoms with Gasteiger partial charge in [-0.1, -0.05) is 19.4 Å². The van der Waals surface area contributed by atoms with E-state index in [4.69, 9.17) is 0 Å². The van der Waals surface area contributed by atoms with Crippen molar-refractivity contribution in [1.29, 1.82) is 0 Å². The predicted octanol–water partition coefficient (Wildman–Crippen LogP) is 2.55. The zero-order valence-electron chi connectivity index (χ0n) is 10.6. The lowest BCUT2D eigenvalue weighted by Crippen LogP contribution is -2.11. The Labute approximate surface area is 103 Å². The van der Waals surface area contributed by atoms with Crippen LogP contribution in [0.25, 0.3) is 0 Å². The molecule has 0 rings (SSSR count). The molecule has 0 saturated heterocycles. The lowest BCUT2D eigenvalue weighted by molar-refractivity contribution is 0.332. The summed E-state index contributed by atoms with van der Waals surface area (Å²) in [5, 5.41) is 13.4. The molecule has 0 heterocycles. The Bertz CT molecular complexity index is 283. The maximum absolute atomic E-state index is 9.29. The minimum absolute atomic E-state index is 0.00154. The molecular weight excluding hydrogens is 220 g/mol. The molecule has 0 aliphatic carbocycles. The van der Waals surface area contributed by atoms with Crippen LogP contribution >= 0.6 is 11.8 Å². The summed E-state index contributed by atoms with van der Waals surface area (Å²) in [6.45, 7) is 4.08. The molecule has 92 valence electrons. The SMILES string of the molecule is CCC/C=C(NC)/C(=C\N=C(C)SC)CO. The van der Waals surface area contributed by atoms with Gasteiger partial charge >= 0.3 is 0 Å². The number of nitrogens with zero attached hydrogens (tertiary/aromatic N) is 1. The first-order chi connectivity index (χ1) is 7.69. The van der Waals surface area contributed by atoms with Crippen molar-refractivity contribution in [3.05, 3.63) is 23.5 Å². The summed E-state index contributed by atoms with van der Waals surface area (Å²) in [4.78, 5) is 4.27. The highest BCUT2D eigenvalue weighted by atomic mass is 32.2. The van der Waals surface area contributed by atoms with E-state index in [1.54, 1.807) is 18.0 Å². The molecule has 3 nitrogen and oxygen atoms in total. The Morgan fingerprint density at radius 3 is 2.62 bits per heavy atom. The summed E-state index contributed by atoms with van der Waals surface area (Å²) < 4.78 is 0. The van der Waals surface area contributed by atoms with E-state index in [9.17, 15) is 5.11 Å². The van der Waals surface area contributed by atoms with Crippen molar-refractivity contribution in [2.24, 2.45) is 4.99 Å². The lowest BCUT2D eigenvalue weighted by Gasteiger charge is -2.08. The number of nitrogens with one attached hydrogen (secondary N) is 1. The minimum atomic E-state index is 0.00154. The molecule has 0 fully saturated rings. The van der Waals surface area contributed by atoms with Gasteiger partial charge in [0, 0.05) is 24.5 Å². The van der Waals surface area contributed by atoms with Crippen LogP contribution in [-0.4, -0.2) is 30.1 Å². The van der Waals surface area contributed by atoms with E-state index in [-0.39, 0.29) is 6.61 Å². The molecular formula is C12H22N2OS. The van der Waals surface area contributed by atoms with Crippen LogP contribution in [0, 0.1) is 0 Å². The van der Waals surface area contributed by atoms with Crippen LogP contribution in [0.4, 0.5) is 0 Å². The average Bonchev–Trinajstić information content (AvgIpc) is 2.32. The Balaban J connectivity index is 4.80. The number of hydrogen-bond donors (Lipinski definition) is 2. The number of thioether (sulfide) groups is 1. The number of allylic oxidation sites excluding steroid dienone is 1. The molecule has 0 radical (unpaired) electrons. The maximum atomic E-state index is 9.29. The largest absolute Gasteiger partial charge is 0.392 e. The van der Waals surface area contributed by atoms with Gasteiger partial charge in [-0.25, -0.2) is 0 Å². The Hall–Kier alpha value is -0.740. The molecule has 0 aromatic carbocycles. The first kappa shape index (κ1) is 15.3. The van der Waals surface area contributed by atoms with Crippen LogP contribution in [0.3, 0.4) is 0 Å². The third-order valence-electron chi connectivity index (χ3n) is 2.12. The summed E-state index contributed by atoms with van der Waals surface area (Å²) in [7, 11) is 1.86. The Kier molecular flexibility index (Phi) is 9.04. The van der Waals surface area contributed by atoms with Crippen molar-refractivity contribution < 1.29 is 5.11 Å². The molecule has 0 atom stereocenters. The molecule has 16 heavy (non-hydrogen) atoms. The maximum Gasteiger partial charge on any atom is 0.0717 e.